The van der Waals surface area contributed by atoms with E-state index in [0.29, 0.717) is 0 Å². The van der Waals surface area contributed by atoms with E-state index in [2.05, 4.69) is 10.0 Å². The Morgan fingerprint density at radius 3 is 2.58 bits per heavy atom. The van der Waals surface area contributed by atoms with Gasteiger partial charge in [0.05, 0.1) is 17.0 Å². The fraction of sp³-hybridized carbons (Fsp3) is 0.222. The van der Waals surface area contributed by atoms with Gasteiger partial charge in [0, 0.05) is 18.5 Å². The van der Waals surface area contributed by atoms with Crippen LogP contribution in [0.1, 0.15) is 35.3 Å². The topological polar surface area (TPSA) is 99.1 Å². The number of sulfonamides is 1. The minimum absolute atomic E-state index is 0.00312. The summed E-state index contributed by atoms with van der Waals surface area (Å²) in [5.74, 6) is -0.815. The number of hydrogen-bond acceptors (Lipinski definition) is 4. The van der Waals surface area contributed by atoms with E-state index in [9.17, 15) is 17.6 Å². The minimum Gasteiger partial charge on any atom is -0.346 e. The van der Waals surface area contributed by atoms with Gasteiger partial charge in [0.25, 0.3) is 5.91 Å². The maximum absolute atomic E-state index is 13.0. The van der Waals surface area contributed by atoms with Crippen molar-refractivity contribution >= 4 is 15.9 Å². The van der Waals surface area contributed by atoms with Crippen LogP contribution in [-0.4, -0.2) is 20.9 Å². The highest BCUT2D eigenvalue weighted by molar-refractivity contribution is 7.89. The van der Waals surface area contributed by atoms with E-state index in [0.717, 1.165) is 5.56 Å². The van der Waals surface area contributed by atoms with Gasteiger partial charge in [-0.1, -0.05) is 18.2 Å². The van der Waals surface area contributed by atoms with Crippen molar-refractivity contribution < 1.29 is 17.6 Å². The maximum atomic E-state index is 13.0. The molecule has 0 heterocycles. The van der Waals surface area contributed by atoms with E-state index in [-0.39, 0.29) is 35.3 Å². The van der Waals surface area contributed by atoms with Gasteiger partial charge in [-0.2, -0.15) is 5.26 Å². The van der Waals surface area contributed by atoms with Gasteiger partial charge in [-0.05, 0) is 42.8 Å². The molecule has 0 saturated carbocycles. The van der Waals surface area contributed by atoms with Crippen molar-refractivity contribution in [3.8, 4) is 6.07 Å². The third kappa shape index (κ3) is 5.12. The van der Waals surface area contributed by atoms with Crippen molar-refractivity contribution in [2.24, 2.45) is 0 Å². The Hall–Kier alpha value is -2.76. The van der Waals surface area contributed by atoms with Crippen LogP contribution in [0.3, 0.4) is 0 Å². The van der Waals surface area contributed by atoms with Crippen molar-refractivity contribution in [3.63, 3.8) is 0 Å². The van der Waals surface area contributed by atoms with Crippen LogP contribution in [0.15, 0.2) is 53.4 Å². The number of hydrogen-bond donors (Lipinski definition) is 2. The van der Waals surface area contributed by atoms with Crippen LogP contribution in [0.25, 0.3) is 0 Å². The lowest BCUT2D eigenvalue weighted by atomic mass is 10.1. The number of halogens is 1. The minimum atomic E-state index is -3.80. The molecule has 2 aromatic carbocycles. The van der Waals surface area contributed by atoms with Crippen molar-refractivity contribution in [1.29, 1.82) is 5.26 Å². The normalized spacial score (nSPS) is 12.2. The van der Waals surface area contributed by atoms with E-state index in [4.69, 9.17) is 5.26 Å². The molecular formula is C18H18FN3O3S. The third-order valence-corrected chi connectivity index (χ3v) is 5.11. The molecule has 6 nitrogen and oxygen atoms in total. The summed E-state index contributed by atoms with van der Waals surface area (Å²) in [7, 11) is -3.80. The Kier molecular flexibility index (Phi) is 6.44. The molecule has 0 fully saturated rings. The molecular weight excluding hydrogens is 357 g/mol. The van der Waals surface area contributed by atoms with E-state index in [1.807, 2.05) is 6.07 Å². The number of amides is 1. The predicted octanol–water partition coefficient (Wildman–Crippen LogP) is 2.51. The fourth-order valence-corrected chi connectivity index (χ4v) is 3.32. The molecule has 8 heteroatoms. The van der Waals surface area contributed by atoms with Gasteiger partial charge < -0.3 is 5.32 Å². The zero-order valence-electron chi connectivity index (χ0n) is 14.1. The van der Waals surface area contributed by atoms with Crippen LogP contribution in [-0.2, 0) is 10.0 Å². The number of benzene rings is 2. The van der Waals surface area contributed by atoms with Crippen LogP contribution in [0.4, 0.5) is 4.39 Å². The van der Waals surface area contributed by atoms with Crippen molar-refractivity contribution in [2.45, 2.75) is 24.3 Å². The Bertz CT molecular complexity index is 921. The highest BCUT2D eigenvalue weighted by Crippen LogP contribution is 2.16. The number of carbonyl (C=O) groups is 1. The van der Waals surface area contributed by atoms with E-state index in [1.54, 1.807) is 19.1 Å². The number of rotatable bonds is 7. The van der Waals surface area contributed by atoms with Gasteiger partial charge in [0.2, 0.25) is 10.0 Å². The number of nitrogens with zero attached hydrogens (tertiary/aromatic N) is 1. The van der Waals surface area contributed by atoms with Gasteiger partial charge >= 0.3 is 0 Å². The molecule has 0 aliphatic rings. The van der Waals surface area contributed by atoms with Crippen LogP contribution in [0, 0.1) is 17.1 Å². The molecule has 0 saturated heterocycles. The van der Waals surface area contributed by atoms with E-state index >= 15 is 0 Å². The molecule has 0 aliphatic carbocycles. The summed E-state index contributed by atoms with van der Waals surface area (Å²) in [4.78, 5) is 12.3. The summed E-state index contributed by atoms with van der Waals surface area (Å²) < 4.78 is 39.6. The van der Waals surface area contributed by atoms with Gasteiger partial charge in [-0.15, -0.1) is 0 Å². The second kappa shape index (κ2) is 8.56. The first-order valence-electron chi connectivity index (χ1n) is 7.86. The quantitative estimate of drug-likeness (QED) is 0.726. The molecule has 1 amide bonds. The molecule has 26 heavy (non-hydrogen) atoms. The van der Waals surface area contributed by atoms with Crippen LogP contribution in [0.2, 0.25) is 0 Å². The highest BCUT2D eigenvalue weighted by Gasteiger charge is 2.17. The van der Waals surface area contributed by atoms with Crippen LogP contribution < -0.4 is 10.0 Å². The molecule has 136 valence electrons. The lowest BCUT2D eigenvalue weighted by Gasteiger charge is -2.15. The molecule has 2 N–H and O–H groups in total. The molecule has 0 aromatic heterocycles. The van der Waals surface area contributed by atoms with Crippen molar-refractivity contribution in [3.05, 3.63) is 65.5 Å². The molecule has 2 aromatic rings. The number of nitrogens with one attached hydrogen (secondary N) is 2. The molecule has 0 radical (unpaired) electrons. The first kappa shape index (κ1) is 19.6. The summed E-state index contributed by atoms with van der Waals surface area (Å²) in [6.07, 6.45) is 0.0502. The summed E-state index contributed by atoms with van der Waals surface area (Å²) in [6, 6.07) is 12.8. The molecule has 2 rings (SSSR count). The van der Waals surface area contributed by atoms with Crippen LogP contribution in [0.5, 0.6) is 0 Å². The standard InChI is InChI=1S/C18H18FN3O3S/c1-13(14-6-8-16(19)9-7-14)22-18(23)15-4-2-5-17(12-15)26(24,25)21-11-3-10-20/h2,4-9,12-13,21H,3,11H2,1H3,(H,22,23). The van der Waals surface area contributed by atoms with Crippen LogP contribution >= 0.6 is 0 Å². The molecule has 0 spiro atoms. The van der Waals surface area contributed by atoms with Gasteiger partial charge in [0.15, 0.2) is 0 Å². The average molecular weight is 375 g/mol. The van der Waals surface area contributed by atoms with E-state index in [1.165, 1.54) is 36.4 Å². The lowest BCUT2D eigenvalue weighted by molar-refractivity contribution is 0.0939. The average Bonchev–Trinajstić information content (AvgIpc) is 2.62. The Morgan fingerprint density at radius 2 is 1.92 bits per heavy atom. The Labute approximate surface area is 151 Å². The van der Waals surface area contributed by atoms with Crippen molar-refractivity contribution in [2.75, 3.05) is 6.54 Å². The fourth-order valence-electron chi connectivity index (χ4n) is 2.24. The maximum Gasteiger partial charge on any atom is 0.251 e. The first-order valence-corrected chi connectivity index (χ1v) is 9.35. The second-order valence-corrected chi connectivity index (χ2v) is 7.35. The molecule has 0 aliphatic heterocycles. The predicted molar refractivity (Wildman–Crippen MR) is 94.1 cm³/mol. The van der Waals surface area contributed by atoms with Crippen molar-refractivity contribution in [1.82, 2.24) is 10.0 Å². The molecule has 1 atom stereocenters. The summed E-state index contributed by atoms with van der Waals surface area (Å²) in [6.45, 7) is 1.74. The second-order valence-electron chi connectivity index (χ2n) is 5.58. The molecule has 0 bridgehead atoms. The Morgan fingerprint density at radius 1 is 1.23 bits per heavy atom. The molecule has 1 unspecified atom stereocenters. The smallest absolute Gasteiger partial charge is 0.251 e. The first-order chi connectivity index (χ1) is 12.3. The SMILES string of the molecule is CC(NC(=O)c1cccc(S(=O)(=O)NCCC#N)c1)c1ccc(F)cc1. The van der Waals surface area contributed by atoms with E-state index < -0.39 is 15.9 Å². The zero-order valence-corrected chi connectivity index (χ0v) is 14.9. The monoisotopic (exact) mass is 375 g/mol. The summed E-state index contributed by atoms with van der Waals surface area (Å²) in [5, 5.41) is 11.2. The Balaban J connectivity index is 2.12. The van der Waals surface area contributed by atoms with Gasteiger partial charge in [-0.3, -0.25) is 4.79 Å². The lowest BCUT2D eigenvalue weighted by Crippen LogP contribution is -2.28. The van der Waals surface area contributed by atoms with Gasteiger partial charge in [-0.25, -0.2) is 17.5 Å². The number of carbonyl (C=O) groups excluding carboxylic acids is 1. The summed E-state index contributed by atoms with van der Waals surface area (Å²) in [5.41, 5.74) is 0.906. The zero-order chi connectivity index (χ0) is 19.2. The highest BCUT2D eigenvalue weighted by atomic mass is 32.2. The van der Waals surface area contributed by atoms with Gasteiger partial charge in [0.1, 0.15) is 5.82 Å². The third-order valence-electron chi connectivity index (χ3n) is 3.65. The largest absolute Gasteiger partial charge is 0.346 e. The summed E-state index contributed by atoms with van der Waals surface area (Å²) >= 11 is 0. The number of nitriles is 1.